The molecule has 0 atom stereocenters. The molecule has 0 N–H and O–H groups in total. The average molecular weight is 487 g/mol. The van der Waals surface area contributed by atoms with E-state index in [-0.39, 0.29) is 5.82 Å². The number of aryl methyl sites for hydroxylation is 5. The molecule has 37 heavy (non-hydrogen) atoms. The van der Waals surface area contributed by atoms with Crippen LogP contribution >= 0.6 is 0 Å². The third-order valence-electron chi connectivity index (χ3n) is 7.42. The molecule has 0 spiro atoms. The molecule has 0 saturated carbocycles. The van der Waals surface area contributed by atoms with Crippen molar-refractivity contribution in [1.82, 2.24) is 0 Å². The zero-order valence-electron chi connectivity index (χ0n) is 21.8. The van der Waals surface area contributed by atoms with Crippen LogP contribution in [0.15, 0.2) is 89.5 Å². The predicted octanol–water partition coefficient (Wildman–Crippen LogP) is 8.78. The fourth-order valence-electron chi connectivity index (χ4n) is 5.79. The summed E-state index contributed by atoms with van der Waals surface area (Å²) < 4.78 is 24.1. The third-order valence-corrected chi connectivity index (χ3v) is 7.42. The van der Waals surface area contributed by atoms with Gasteiger partial charge in [-0.15, -0.1) is 0 Å². The Bertz CT molecular complexity index is 1800. The maximum absolute atomic E-state index is 15.4. The first-order valence-electron chi connectivity index (χ1n) is 12.6. The van der Waals surface area contributed by atoms with Crippen LogP contribution in [0.1, 0.15) is 22.3 Å². The first-order valence-corrected chi connectivity index (χ1v) is 12.6. The van der Waals surface area contributed by atoms with E-state index in [9.17, 15) is 0 Å². The van der Waals surface area contributed by atoms with Gasteiger partial charge in [-0.3, -0.25) is 0 Å². The molecule has 0 aliphatic carbocycles. The number of halogens is 1. The summed E-state index contributed by atoms with van der Waals surface area (Å²) in [5.41, 5.74) is 12.0. The molecule has 0 radical (unpaired) electrons. The minimum Gasteiger partial charge on any atom is -0.454 e. The number of benzene rings is 4. The lowest BCUT2D eigenvalue weighted by Crippen LogP contribution is -2.30. The van der Waals surface area contributed by atoms with Crippen molar-refractivity contribution < 1.29 is 13.4 Å². The highest BCUT2D eigenvalue weighted by Crippen LogP contribution is 2.42. The molecule has 2 heterocycles. The summed E-state index contributed by atoms with van der Waals surface area (Å²) in [5.74, 6) is -0.287. The molecule has 3 heteroatoms. The van der Waals surface area contributed by atoms with Crippen LogP contribution in [0.4, 0.5) is 4.39 Å². The summed E-state index contributed by atoms with van der Waals surface area (Å²) in [6.45, 7) is 8.49. The third kappa shape index (κ3) is 3.74. The number of aromatic nitrogens is 1. The lowest BCUT2D eigenvalue weighted by Gasteiger charge is -2.13. The van der Waals surface area contributed by atoms with Crippen LogP contribution in [0.25, 0.3) is 55.4 Å². The molecule has 0 aliphatic heterocycles. The lowest BCUT2D eigenvalue weighted by atomic mass is 9.92. The zero-order valence-corrected chi connectivity index (χ0v) is 21.8. The van der Waals surface area contributed by atoms with Crippen LogP contribution in [0.2, 0.25) is 0 Å². The maximum atomic E-state index is 15.4. The van der Waals surface area contributed by atoms with Gasteiger partial charge in [0.05, 0.1) is 11.1 Å². The molecule has 2 nitrogen and oxygen atoms in total. The number of nitrogens with zero attached hydrogens (tertiary/aromatic N) is 1. The van der Waals surface area contributed by atoms with Crippen LogP contribution < -0.4 is 4.57 Å². The monoisotopic (exact) mass is 486 g/mol. The summed E-state index contributed by atoms with van der Waals surface area (Å²) in [6.07, 6.45) is 2.03. The van der Waals surface area contributed by atoms with E-state index in [0.717, 1.165) is 44.3 Å². The molecule has 6 aromatic rings. The van der Waals surface area contributed by atoms with Crippen molar-refractivity contribution in [2.24, 2.45) is 7.05 Å². The predicted molar refractivity (Wildman–Crippen MR) is 150 cm³/mol. The Morgan fingerprint density at radius 2 is 1.22 bits per heavy atom. The highest BCUT2D eigenvalue weighted by atomic mass is 19.1. The molecular weight excluding hydrogens is 457 g/mol. The first kappa shape index (κ1) is 23.2. The molecular formula is C34H29FNO+. The fourth-order valence-corrected chi connectivity index (χ4v) is 5.79. The van der Waals surface area contributed by atoms with Gasteiger partial charge in [0.1, 0.15) is 24.0 Å². The molecule has 0 aliphatic rings. The van der Waals surface area contributed by atoms with Gasteiger partial charge in [0.2, 0.25) is 5.69 Å². The van der Waals surface area contributed by atoms with Crippen molar-refractivity contribution in [2.75, 3.05) is 0 Å². The Balaban J connectivity index is 1.56. The van der Waals surface area contributed by atoms with Crippen LogP contribution in [-0.4, -0.2) is 0 Å². The molecule has 0 amide bonds. The summed E-state index contributed by atoms with van der Waals surface area (Å²) in [6, 6.07) is 26.3. The minimum absolute atomic E-state index is 0.287. The van der Waals surface area contributed by atoms with Gasteiger partial charge in [-0.05, 0) is 79.3 Å². The topological polar surface area (TPSA) is 17.0 Å². The summed E-state index contributed by atoms with van der Waals surface area (Å²) in [5, 5.41) is 1.91. The molecule has 4 aromatic carbocycles. The Hall–Kier alpha value is -4.24. The van der Waals surface area contributed by atoms with Gasteiger partial charge in [-0.1, -0.05) is 54.1 Å². The fraction of sp³-hybridized carbons (Fsp3) is 0.147. The molecule has 182 valence electrons. The SMILES string of the molecule is Cc1cc(C)c(-c2ccc(-c3c(F)ccc4c3oc3c(-c5cccc[n+]5C)c(C)ccc34)cc2)c(C)c1. The quantitative estimate of drug-likeness (QED) is 0.228. The Labute approximate surface area is 216 Å². The number of hydrogen-bond acceptors (Lipinski definition) is 1. The molecule has 6 rings (SSSR count). The van der Waals surface area contributed by atoms with Gasteiger partial charge in [0.25, 0.3) is 0 Å². The standard InChI is InChI=1S/C34H29FNO/c1-20-18-22(3)30(23(4)19-20)24-10-12-25(13-11-24)32-28(35)16-15-27-26-14-9-21(2)31(33(26)37-34(27)32)29-8-6-7-17-36(29)5/h6-19H,1-5H3/q+1. The van der Waals surface area contributed by atoms with E-state index in [1.807, 2.05) is 43.6 Å². The van der Waals surface area contributed by atoms with Crippen LogP contribution in [0.3, 0.4) is 0 Å². The van der Waals surface area contributed by atoms with E-state index >= 15 is 4.39 Å². The summed E-state index contributed by atoms with van der Waals surface area (Å²) in [4.78, 5) is 0. The van der Waals surface area contributed by atoms with E-state index in [2.05, 4.69) is 74.7 Å². The molecule has 0 saturated heterocycles. The second-order valence-corrected chi connectivity index (χ2v) is 10.1. The number of furan rings is 1. The first-order chi connectivity index (χ1) is 17.8. The largest absolute Gasteiger partial charge is 0.454 e. The molecule has 0 unspecified atom stereocenters. The second-order valence-electron chi connectivity index (χ2n) is 10.1. The van der Waals surface area contributed by atoms with Gasteiger partial charge in [-0.2, -0.15) is 0 Å². The number of hydrogen-bond donors (Lipinski definition) is 0. The van der Waals surface area contributed by atoms with Crippen molar-refractivity contribution in [3.8, 4) is 33.5 Å². The highest BCUT2D eigenvalue weighted by Gasteiger charge is 2.23. The van der Waals surface area contributed by atoms with Crippen molar-refractivity contribution in [3.63, 3.8) is 0 Å². The zero-order chi connectivity index (χ0) is 25.8. The summed E-state index contributed by atoms with van der Waals surface area (Å²) >= 11 is 0. The van der Waals surface area contributed by atoms with Crippen LogP contribution in [0, 0.1) is 33.5 Å². The number of rotatable bonds is 3. The van der Waals surface area contributed by atoms with Crippen LogP contribution in [0.5, 0.6) is 0 Å². The van der Waals surface area contributed by atoms with Crippen molar-refractivity contribution >= 4 is 21.9 Å². The van der Waals surface area contributed by atoms with Crippen molar-refractivity contribution in [1.29, 1.82) is 0 Å². The normalized spacial score (nSPS) is 11.5. The average Bonchev–Trinajstić information content (AvgIpc) is 3.23. The van der Waals surface area contributed by atoms with Gasteiger partial charge in [0, 0.05) is 22.9 Å². The van der Waals surface area contributed by atoms with Crippen LogP contribution in [-0.2, 0) is 7.05 Å². The minimum atomic E-state index is -0.287. The smallest absolute Gasteiger partial charge is 0.216 e. The Morgan fingerprint density at radius 1 is 0.622 bits per heavy atom. The van der Waals surface area contributed by atoms with E-state index in [1.165, 1.54) is 22.3 Å². The van der Waals surface area contributed by atoms with Crippen molar-refractivity contribution in [2.45, 2.75) is 27.7 Å². The lowest BCUT2D eigenvalue weighted by molar-refractivity contribution is -0.660. The van der Waals surface area contributed by atoms with E-state index in [4.69, 9.17) is 4.42 Å². The Kier molecular flexibility index (Phi) is 5.45. The number of pyridine rings is 1. The highest BCUT2D eigenvalue weighted by molar-refractivity contribution is 6.13. The van der Waals surface area contributed by atoms with Gasteiger partial charge in [-0.25, -0.2) is 8.96 Å². The second kappa shape index (κ2) is 8.70. The Morgan fingerprint density at radius 3 is 1.86 bits per heavy atom. The number of fused-ring (bicyclic) bond motifs is 3. The maximum Gasteiger partial charge on any atom is 0.216 e. The van der Waals surface area contributed by atoms with Gasteiger partial charge in [0.15, 0.2) is 6.20 Å². The van der Waals surface area contributed by atoms with E-state index < -0.39 is 0 Å². The molecule has 0 bridgehead atoms. The van der Waals surface area contributed by atoms with Gasteiger partial charge >= 0.3 is 0 Å². The summed E-state index contributed by atoms with van der Waals surface area (Å²) in [7, 11) is 2.03. The molecule has 0 fully saturated rings. The van der Waals surface area contributed by atoms with Crippen molar-refractivity contribution in [3.05, 3.63) is 113 Å². The molecule has 2 aromatic heterocycles. The van der Waals surface area contributed by atoms with E-state index in [1.54, 1.807) is 6.07 Å². The van der Waals surface area contributed by atoms with Gasteiger partial charge < -0.3 is 4.42 Å². The van der Waals surface area contributed by atoms with E-state index in [0.29, 0.717) is 11.1 Å².